The lowest BCUT2D eigenvalue weighted by atomic mass is 10.2. The highest BCUT2D eigenvalue weighted by Crippen LogP contribution is 2.24. The molecule has 160 valence electrons. The van der Waals surface area contributed by atoms with Crippen LogP contribution in [-0.4, -0.2) is 33.0 Å². The number of rotatable bonds is 8. The van der Waals surface area contributed by atoms with Crippen molar-refractivity contribution in [2.24, 2.45) is 0 Å². The number of nitro benzene ring substituents is 1. The van der Waals surface area contributed by atoms with Crippen LogP contribution in [0.5, 0.6) is 0 Å². The molecule has 1 heterocycles. The Morgan fingerprint density at radius 3 is 2.42 bits per heavy atom. The number of nitrogens with one attached hydrogen (secondary N) is 1. The minimum absolute atomic E-state index is 0.0355. The molecule has 0 aliphatic carbocycles. The van der Waals surface area contributed by atoms with E-state index < -0.39 is 23.0 Å². The lowest BCUT2D eigenvalue weighted by molar-refractivity contribution is -0.384. The van der Waals surface area contributed by atoms with Crippen molar-refractivity contribution < 1.29 is 23.7 Å². The van der Waals surface area contributed by atoms with Gasteiger partial charge in [-0.05, 0) is 38.1 Å². The molecule has 0 aliphatic rings. The van der Waals surface area contributed by atoms with Crippen LogP contribution >= 0.6 is 0 Å². The van der Waals surface area contributed by atoms with Gasteiger partial charge in [0.15, 0.2) is 6.10 Å². The van der Waals surface area contributed by atoms with E-state index in [0.717, 1.165) is 0 Å². The van der Waals surface area contributed by atoms with Crippen molar-refractivity contribution in [3.05, 3.63) is 76.2 Å². The normalized spacial score (nSPS) is 12.6. The van der Waals surface area contributed by atoms with Crippen LogP contribution in [0, 0.1) is 10.1 Å². The second-order valence-electron chi connectivity index (χ2n) is 6.83. The minimum Gasteiger partial charge on any atom is -0.453 e. The van der Waals surface area contributed by atoms with Crippen LogP contribution in [0.4, 0.5) is 5.69 Å². The summed E-state index contributed by atoms with van der Waals surface area (Å²) >= 11 is 0. The fourth-order valence-corrected chi connectivity index (χ4v) is 2.73. The smallest absolute Gasteiger partial charge is 0.308 e. The van der Waals surface area contributed by atoms with E-state index in [1.165, 1.54) is 24.3 Å². The number of carbonyl (C=O) groups excluding carboxylic acids is 2. The summed E-state index contributed by atoms with van der Waals surface area (Å²) in [6, 6.07) is 13.9. The van der Waals surface area contributed by atoms with Gasteiger partial charge in [0.1, 0.15) is 0 Å². The summed E-state index contributed by atoms with van der Waals surface area (Å²) in [6.07, 6.45) is -0.837. The lowest BCUT2D eigenvalue weighted by Crippen LogP contribution is -2.34. The van der Waals surface area contributed by atoms with Crippen LogP contribution in [0.3, 0.4) is 0 Å². The maximum Gasteiger partial charge on any atom is 0.308 e. The Bertz CT molecular complexity index is 1060. The third-order valence-electron chi connectivity index (χ3n) is 4.31. The van der Waals surface area contributed by atoms with Crippen molar-refractivity contribution in [3.8, 4) is 11.5 Å². The van der Waals surface area contributed by atoms with Gasteiger partial charge in [-0.2, -0.15) is 0 Å². The highest BCUT2D eigenvalue weighted by Gasteiger charge is 2.21. The van der Waals surface area contributed by atoms with Crippen LogP contribution in [0.15, 0.2) is 59.0 Å². The van der Waals surface area contributed by atoms with E-state index >= 15 is 0 Å². The van der Waals surface area contributed by atoms with Crippen LogP contribution in [-0.2, 0) is 9.53 Å². The molecule has 10 nitrogen and oxygen atoms in total. The van der Waals surface area contributed by atoms with Crippen molar-refractivity contribution >= 4 is 17.6 Å². The molecule has 0 radical (unpaired) electrons. The third-order valence-corrected chi connectivity index (χ3v) is 4.31. The average Bonchev–Trinajstić information content (AvgIpc) is 3.24. The Morgan fingerprint density at radius 1 is 1.10 bits per heavy atom. The van der Waals surface area contributed by atoms with Gasteiger partial charge < -0.3 is 14.5 Å². The molecule has 2 unspecified atom stereocenters. The Balaban J connectivity index is 1.54. The summed E-state index contributed by atoms with van der Waals surface area (Å²) in [4.78, 5) is 34.6. The number of nitro groups is 1. The third kappa shape index (κ3) is 5.72. The number of hydrogen-bond acceptors (Lipinski definition) is 8. The maximum absolute atomic E-state index is 12.2. The Morgan fingerprint density at radius 2 is 1.77 bits per heavy atom. The summed E-state index contributed by atoms with van der Waals surface area (Å²) in [5.74, 6) is -0.582. The van der Waals surface area contributed by atoms with Gasteiger partial charge in [0.25, 0.3) is 17.5 Å². The number of aromatic nitrogens is 2. The van der Waals surface area contributed by atoms with Crippen molar-refractivity contribution in [2.45, 2.75) is 32.4 Å². The second-order valence-corrected chi connectivity index (χ2v) is 6.83. The van der Waals surface area contributed by atoms with Crippen molar-refractivity contribution in [2.75, 3.05) is 0 Å². The van der Waals surface area contributed by atoms with E-state index in [2.05, 4.69) is 15.5 Å². The molecule has 2 atom stereocenters. The first kappa shape index (κ1) is 21.6. The molecule has 1 aromatic heterocycles. The molecular formula is C21H20N4O6. The predicted octanol–water partition coefficient (Wildman–Crippen LogP) is 3.46. The molecule has 1 amide bonds. The van der Waals surface area contributed by atoms with E-state index in [1.807, 2.05) is 6.07 Å². The molecule has 31 heavy (non-hydrogen) atoms. The summed E-state index contributed by atoms with van der Waals surface area (Å²) in [5.41, 5.74) is 0.945. The number of benzene rings is 2. The topological polar surface area (TPSA) is 137 Å². The zero-order chi connectivity index (χ0) is 22.4. The van der Waals surface area contributed by atoms with Gasteiger partial charge in [-0.1, -0.05) is 18.2 Å². The zero-order valence-electron chi connectivity index (χ0n) is 16.8. The minimum atomic E-state index is -0.802. The molecule has 1 N–H and O–H groups in total. The van der Waals surface area contributed by atoms with Gasteiger partial charge in [-0.3, -0.25) is 19.7 Å². The number of non-ortho nitro benzene ring substituents is 1. The largest absolute Gasteiger partial charge is 0.453 e. The predicted molar refractivity (Wildman–Crippen MR) is 109 cm³/mol. The van der Waals surface area contributed by atoms with E-state index in [-0.39, 0.29) is 29.8 Å². The van der Waals surface area contributed by atoms with Crippen molar-refractivity contribution in [1.29, 1.82) is 0 Å². The first-order valence-corrected chi connectivity index (χ1v) is 9.47. The molecule has 0 saturated carbocycles. The van der Waals surface area contributed by atoms with Crippen molar-refractivity contribution in [1.82, 2.24) is 15.5 Å². The molecule has 2 aromatic carbocycles. The monoisotopic (exact) mass is 424 g/mol. The Hall–Kier alpha value is -4.08. The summed E-state index contributed by atoms with van der Waals surface area (Å²) in [6.45, 7) is 3.28. The maximum atomic E-state index is 12.2. The number of hydrogen-bond donors (Lipinski definition) is 1. The van der Waals surface area contributed by atoms with Crippen LogP contribution in [0.25, 0.3) is 11.5 Å². The summed E-state index contributed by atoms with van der Waals surface area (Å²) in [5, 5.41) is 21.2. The average molecular weight is 424 g/mol. The first-order valence-electron chi connectivity index (χ1n) is 9.47. The summed E-state index contributed by atoms with van der Waals surface area (Å²) in [7, 11) is 0. The number of esters is 1. The molecule has 10 heteroatoms. The number of nitrogens with zero attached hydrogens (tertiary/aromatic N) is 3. The first-order chi connectivity index (χ1) is 14.8. The molecule has 0 aliphatic heterocycles. The highest BCUT2D eigenvalue weighted by atomic mass is 16.6. The van der Waals surface area contributed by atoms with Gasteiger partial charge in [0.05, 0.1) is 11.3 Å². The summed E-state index contributed by atoms with van der Waals surface area (Å²) < 4.78 is 10.8. The van der Waals surface area contributed by atoms with Crippen LogP contribution < -0.4 is 5.32 Å². The second kappa shape index (κ2) is 9.61. The fraction of sp³-hybridized carbons (Fsp3) is 0.238. The zero-order valence-corrected chi connectivity index (χ0v) is 16.8. The molecule has 3 rings (SSSR count). The van der Waals surface area contributed by atoms with Gasteiger partial charge >= 0.3 is 5.97 Å². The highest BCUT2D eigenvalue weighted by molar-refractivity contribution is 5.94. The standard InChI is InChI=1S/C21H20N4O6/c1-13(22-19(27)15-6-4-3-5-7-15)12-18(26)30-14(2)20-23-24-21(31-20)16-8-10-17(11-9-16)25(28)29/h3-11,13-14H,12H2,1-2H3,(H,22,27). The van der Waals surface area contributed by atoms with E-state index in [9.17, 15) is 19.7 Å². The Labute approximate surface area is 177 Å². The quantitative estimate of drug-likeness (QED) is 0.330. The SMILES string of the molecule is CC(CC(=O)OC(C)c1nnc(-c2ccc([N+](=O)[O-])cc2)o1)NC(=O)c1ccccc1. The van der Waals surface area contributed by atoms with Crippen molar-refractivity contribution in [3.63, 3.8) is 0 Å². The van der Waals surface area contributed by atoms with Gasteiger partial charge in [0, 0.05) is 29.3 Å². The number of carbonyl (C=O) groups is 2. The van der Waals surface area contributed by atoms with Crippen LogP contribution in [0.2, 0.25) is 0 Å². The fourth-order valence-electron chi connectivity index (χ4n) is 2.73. The molecular weight excluding hydrogens is 404 g/mol. The molecule has 3 aromatic rings. The number of ether oxygens (including phenoxy) is 1. The van der Waals surface area contributed by atoms with E-state index in [1.54, 1.807) is 38.1 Å². The lowest BCUT2D eigenvalue weighted by Gasteiger charge is -2.15. The molecule has 0 saturated heterocycles. The van der Waals surface area contributed by atoms with E-state index in [0.29, 0.717) is 11.1 Å². The van der Waals surface area contributed by atoms with Gasteiger partial charge in [-0.15, -0.1) is 10.2 Å². The number of amides is 1. The van der Waals surface area contributed by atoms with E-state index in [4.69, 9.17) is 9.15 Å². The molecule has 0 bridgehead atoms. The van der Waals surface area contributed by atoms with Crippen LogP contribution in [0.1, 0.15) is 42.6 Å². The molecule has 0 spiro atoms. The Kier molecular flexibility index (Phi) is 6.71. The molecule has 0 fully saturated rings. The van der Waals surface area contributed by atoms with Gasteiger partial charge in [0.2, 0.25) is 5.89 Å². The van der Waals surface area contributed by atoms with Gasteiger partial charge in [-0.25, -0.2) is 0 Å².